The molecule has 1 amide bonds. The lowest BCUT2D eigenvalue weighted by Crippen LogP contribution is -2.47. The summed E-state index contributed by atoms with van der Waals surface area (Å²) in [6.07, 6.45) is 3.05. The van der Waals surface area contributed by atoms with Crippen molar-refractivity contribution in [2.75, 3.05) is 33.2 Å². The predicted molar refractivity (Wildman–Crippen MR) is 64.0 cm³/mol. The first-order valence-corrected chi connectivity index (χ1v) is 6.29. The Labute approximate surface area is 97.8 Å². The number of hydrogen-bond acceptors (Lipinski definition) is 3. The van der Waals surface area contributed by atoms with Crippen molar-refractivity contribution in [2.24, 2.45) is 11.1 Å². The zero-order valence-corrected chi connectivity index (χ0v) is 10.4. The molecule has 1 saturated carbocycles. The first-order chi connectivity index (χ1) is 7.59. The van der Waals surface area contributed by atoms with Crippen LogP contribution < -0.4 is 5.73 Å². The number of carbonyl (C=O) groups is 1. The fraction of sp³-hybridized carbons (Fsp3) is 0.917. The zero-order valence-electron chi connectivity index (χ0n) is 10.4. The first-order valence-electron chi connectivity index (χ1n) is 6.29. The second-order valence-corrected chi connectivity index (χ2v) is 5.45. The van der Waals surface area contributed by atoms with E-state index in [0.29, 0.717) is 18.5 Å². The van der Waals surface area contributed by atoms with E-state index in [9.17, 15) is 4.79 Å². The molecule has 2 rings (SSSR count). The Morgan fingerprint density at radius 3 is 2.69 bits per heavy atom. The number of nitrogens with two attached hydrogens (primary N) is 1. The van der Waals surface area contributed by atoms with Crippen molar-refractivity contribution in [1.82, 2.24) is 9.80 Å². The topological polar surface area (TPSA) is 49.6 Å². The SMILES string of the molecule is CC1CN(C)CCCN1C(=O)C1(CN)CC1. The van der Waals surface area contributed by atoms with Gasteiger partial charge in [-0.3, -0.25) is 4.79 Å². The third-order valence-electron chi connectivity index (χ3n) is 4.01. The smallest absolute Gasteiger partial charge is 0.230 e. The van der Waals surface area contributed by atoms with Gasteiger partial charge in [-0.1, -0.05) is 0 Å². The predicted octanol–water partition coefficient (Wildman–Crippen LogP) is 0.278. The van der Waals surface area contributed by atoms with Gasteiger partial charge in [0.25, 0.3) is 0 Å². The van der Waals surface area contributed by atoms with Gasteiger partial charge in [0, 0.05) is 25.7 Å². The Bertz CT molecular complexity index is 275. The van der Waals surface area contributed by atoms with Gasteiger partial charge in [0.2, 0.25) is 5.91 Å². The molecule has 0 aromatic carbocycles. The molecule has 2 aliphatic rings. The van der Waals surface area contributed by atoms with E-state index >= 15 is 0 Å². The Morgan fingerprint density at radius 1 is 1.44 bits per heavy atom. The Balaban J connectivity index is 2.05. The molecule has 0 radical (unpaired) electrons. The Morgan fingerprint density at radius 2 is 2.12 bits per heavy atom. The van der Waals surface area contributed by atoms with Crippen LogP contribution in [0.3, 0.4) is 0 Å². The van der Waals surface area contributed by atoms with Gasteiger partial charge >= 0.3 is 0 Å². The molecule has 2 N–H and O–H groups in total. The average molecular weight is 225 g/mol. The van der Waals surface area contributed by atoms with Crippen LogP contribution in [-0.2, 0) is 4.79 Å². The van der Waals surface area contributed by atoms with Crippen LogP contribution >= 0.6 is 0 Å². The van der Waals surface area contributed by atoms with Crippen LogP contribution in [0.25, 0.3) is 0 Å². The maximum absolute atomic E-state index is 12.4. The van der Waals surface area contributed by atoms with Crippen LogP contribution in [0.2, 0.25) is 0 Å². The van der Waals surface area contributed by atoms with Crippen molar-refractivity contribution in [2.45, 2.75) is 32.2 Å². The molecule has 1 aliphatic carbocycles. The van der Waals surface area contributed by atoms with Crippen LogP contribution in [0.5, 0.6) is 0 Å². The van der Waals surface area contributed by atoms with Crippen LogP contribution in [0.1, 0.15) is 26.2 Å². The van der Waals surface area contributed by atoms with Crippen LogP contribution in [-0.4, -0.2) is 55.0 Å². The first kappa shape index (κ1) is 11.9. The van der Waals surface area contributed by atoms with Crippen molar-refractivity contribution in [3.8, 4) is 0 Å². The molecule has 0 aromatic rings. The summed E-state index contributed by atoms with van der Waals surface area (Å²) in [7, 11) is 2.13. The zero-order chi connectivity index (χ0) is 11.8. The fourth-order valence-corrected chi connectivity index (χ4v) is 2.63. The molecule has 1 unspecified atom stereocenters. The quantitative estimate of drug-likeness (QED) is 0.734. The number of nitrogens with zero attached hydrogens (tertiary/aromatic N) is 2. The molecule has 16 heavy (non-hydrogen) atoms. The number of carbonyl (C=O) groups excluding carboxylic acids is 1. The van der Waals surface area contributed by atoms with Crippen molar-refractivity contribution < 1.29 is 4.79 Å². The highest BCUT2D eigenvalue weighted by Gasteiger charge is 2.51. The van der Waals surface area contributed by atoms with Gasteiger partial charge in [-0.15, -0.1) is 0 Å². The maximum Gasteiger partial charge on any atom is 0.230 e. The molecule has 1 saturated heterocycles. The van der Waals surface area contributed by atoms with Crippen LogP contribution in [0, 0.1) is 5.41 Å². The normalized spacial score (nSPS) is 29.9. The summed E-state index contributed by atoms with van der Waals surface area (Å²) in [5.41, 5.74) is 5.55. The van der Waals surface area contributed by atoms with E-state index in [1.807, 2.05) is 0 Å². The molecule has 1 atom stereocenters. The molecule has 0 bridgehead atoms. The maximum atomic E-state index is 12.4. The Kier molecular flexibility index (Phi) is 3.22. The largest absolute Gasteiger partial charge is 0.338 e. The van der Waals surface area contributed by atoms with Crippen LogP contribution in [0.15, 0.2) is 0 Å². The monoisotopic (exact) mass is 225 g/mol. The third kappa shape index (κ3) is 2.09. The van der Waals surface area contributed by atoms with Gasteiger partial charge in [0.15, 0.2) is 0 Å². The van der Waals surface area contributed by atoms with Gasteiger partial charge in [-0.25, -0.2) is 0 Å². The molecule has 0 aromatic heterocycles. The van der Waals surface area contributed by atoms with Gasteiger partial charge in [0.1, 0.15) is 0 Å². The second kappa shape index (κ2) is 4.34. The highest BCUT2D eigenvalue weighted by Crippen LogP contribution is 2.46. The van der Waals surface area contributed by atoms with Crippen molar-refractivity contribution in [3.05, 3.63) is 0 Å². The van der Waals surface area contributed by atoms with Crippen molar-refractivity contribution in [1.29, 1.82) is 0 Å². The molecule has 4 nitrogen and oxygen atoms in total. The van der Waals surface area contributed by atoms with Crippen LogP contribution in [0.4, 0.5) is 0 Å². The molecule has 4 heteroatoms. The lowest BCUT2D eigenvalue weighted by atomic mass is 10.0. The minimum absolute atomic E-state index is 0.183. The lowest BCUT2D eigenvalue weighted by molar-refractivity contribution is -0.138. The van der Waals surface area contributed by atoms with E-state index in [1.54, 1.807) is 0 Å². The van der Waals surface area contributed by atoms with E-state index in [0.717, 1.165) is 38.9 Å². The summed E-state index contributed by atoms with van der Waals surface area (Å²) >= 11 is 0. The molecule has 1 heterocycles. The summed E-state index contributed by atoms with van der Waals surface area (Å²) in [5, 5.41) is 0. The highest BCUT2D eigenvalue weighted by molar-refractivity contribution is 5.86. The average Bonchev–Trinajstić information content (AvgIpc) is 3.03. The number of likely N-dealkylation sites (N-methyl/N-ethyl adjacent to an activating group) is 1. The summed E-state index contributed by atoms with van der Waals surface area (Å²) in [4.78, 5) is 16.8. The Hall–Kier alpha value is -0.610. The molecule has 92 valence electrons. The van der Waals surface area contributed by atoms with Crippen molar-refractivity contribution in [3.63, 3.8) is 0 Å². The van der Waals surface area contributed by atoms with E-state index in [4.69, 9.17) is 5.73 Å². The number of amides is 1. The second-order valence-electron chi connectivity index (χ2n) is 5.45. The number of rotatable bonds is 2. The summed E-state index contributed by atoms with van der Waals surface area (Å²) in [5.74, 6) is 0.304. The van der Waals surface area contributed by atoms with E-state index in [-0.39, 0.29) is 5.41 Å². The van der Waals surface area contributed by atoms with Gasteiger partial charge in [0.05, 0.1) is 5.41 Å². The molecule has 1 aliphatic heterocycles. The molecule has 0 spiro atoms. The summed E-state index contributed by atoms with van der Waals surface area (Å²) in [6, 6.07) is 0.323. The summed E-state index contributed by atoms with van der Waals surface area (Å²) < 4.78 is 0. The van der Waals surface area contributed by atoms with E-state index < -0.39 is 0 Å². The van der Waals surface area contributed by atoms with Gasteiger partial charge in [-0.2, -0.15) is 0 Å². The van der Waals surface area contributed by atoms with E-state index in [1.165, 1.54) is 0 Å². The van der Waals surface area contributed by atoms with Crippen molar-refractivity contribution >= 4 is 5.91 Å². The van der Waals surface area contributed by atoms with Gasteiger partial charge < -0.3 is 15.5 Å². The minimum Gasteiger partial charge on any atom is -0.338 e. The standard InChI is InChI=1S/C12H23N3O/c1-10-8-14(2)6-3-7-15(10)11(16)12(9-13)4-5-12/h10H,3-9,13H2,1-2H3. The number of hydrogen-bond donors (Lipinski definition) is 1. The third-order valence-corrected chi connectivity index (χ3v) is 4.01. The molecular weight excluding hydrogens is 202 g/mol. The molecule has 2 fully saturated rings. The molecular formula is C12H23N3O. The highest BCUT2D eigenvalue weighted by atomic mass is 16.2. The lowest BCUT2D eigenvalue weighted by Gasteiger charge is -2.31. The fourth-order valence-electron chi connectivity index (χ4n) is 2.63. The van der Waals surface area contributed by atoms with E-state index in [2.05, 4.69) is 23.8 Å². The summed E-state index contributed by atoms with van der Waals surface area (Å²) in [6.45, 7) is 5.62. The minimum atomic E-state index is -0.183. The van der Waals surface area contributed by atoms with Gasteiger partial charge in [-0.05, 0) is 39.8 Å².